The number of thiophene rings is 1. The summed E-state index contributed by atoms with van der Waals surface area (Å²) in [4.78, 5) is 27.7. The van der Waals surface area contributed by atoms with E-state index in [-0.39, 0.29) is 6.03 Å². The first-order chi connectivity index (χ1) is 13.6. The number of nitrogens with zero attached hydrogens (tertiary/aromatic N) is 1. The number of urea groups is 1. The van der Waals surface area contributed by atoms with Crippen molar-refractivity contribution in [1.82, 2.24) is 10.2 Å². The van der Waals surface area contributed by atoms with Crippen LogP contribution < -0.4 is 16.4 Å². The molecule has 2 aromatic rings. The highest BCUT2D eigenvalue weighted by molar-refractivity contribution is 7.17. The van der Waals surface area contributed by atoms with Crippen LogP contribution in [0.3, 0.4) is 0 Å². The van der Waals surface area contributed by atoms with E-state index in [1.54, 1.807) is 0 Å². The average molecular weight is 401 g/mol. The van der Waals surface area contributed by atoms with E-state index in [0.29, 0.717) is 17.1 Å². The highest BCUT2D eigenvalue weighted by Crippen LogP contribution is 2.36. The van der Waals surface area contributed by atoms with Gasteiger partial charge in [0.05, 0.1) is 5.56 Å². The fraction of sp³-hybridized carbons (Fsp3) is 0.429. The van der Waals surface area contributed by atoms with E-state index < -0.39 is 5.91 Å². The molecule has 0 saturated carbocycles. The number of benzene rings is 1. The molecule has 0 spiro atoms. The first kappa shape index (κ1) is 20.4. The van der Waals surface area contributed by atoms with E-state index in [9.17, 15) is 9.59 Å². The van der Waals surface area contributed by atoms with Crippen LogP contribution in [0.1, 0.15) is 46.1 Å². The summed E-state index contributed by atoms with van der Waals surface area (Å²) >= 11 is 1.47. The summed E-state index contributed by atoms with van der Waals surface area (Å²) < 4.78 is 0. The van der Waals surface area contributed by atoms with E-state index in [0.717, 1.165) is 55.8 Å². The Labute approximate surface area is 170 Å². The van der Waals surface area contributed by atoms with Gasteiger partial charge in [-0.2, -0.15) is 0 Å². The average Bonchev–Trinajstić information content (AvgIpc) is 3.04. The zero-order valence-corrected chi connectivity index (χ0v) is 17.1. The number of amides is 3. The summed E-state index contributed by atoms with van der Waals surface area (Å²) in [6.45, 7) is 5.33. The minimum Gasteiger partial charge on any atom is -0.365 e. The van der Waals surface area contributed by atoms with Gasteiger partial charge in [0.25, 0.3) is 5.91 Å². The van der Waals surface area contributed by atoms with E-state index >= 15 is 0 Å². The highest BCUT2D eigenvalue weighted by Gasteiger charge is 2.27. The maximum Gasteiger partial charge on any atom is 0.319 e. The standard InChI is InChI=1S/C21H28N4O2S/c1-2-3-11-23-21(27)24-20-18(19(22)26)16-10-13-25(14-17(16)28-20)12-9-15-7-5-4-6-8-15/h4-8H,2-3,9-14H2,1H3,(H2,22,26)(H2,23,24,27). The molecule has 28 heavy (non-hydrogen) atoms. The van der Waals surface area contributed by atoms with E-state index in [4.69, 9.17) is 5.73 Å². The number of nitrogens with two attached hydrogens (primary N) is 1. The van der Waals surface area contributed by atoms with Crippen LogP contribution in [0.4, 0.5) is 9.80 Å². The zero-order valence-electron chi connectivity index (χ0n) is 16.3. The lowest BCUT2D eigenvalue weighted by Crippen LogP contribution is -2.32. The molecule has 0 atom stereocenters. The van der Waals surface area contributed by atoms with Crippen molar-refractivity contribution in [2.75, 3.05) is 25.0 Å². The fourth-order valence-electron chi connectivity index (χ4n) is 3.45. The van der Waals surface area contributed by atoms with Crippen LogP contribution in [0, 0.1) is 0 Å². The molecule has 2 heterocycles. The Hall–Kier alpha value is -2.38. The normalized spacial score (nSPS) is 13.8. The number of hydrogen-bond donors (Lipinski definition) is 3. The van der Waals surface area contributed by atoms with Crippen molar-refractivity contribution in [1.29, 1.82) is 0 Å². The molecule has 0 aliphatic carbocycles. The third-order valence-corrected chi connectivity index (χ3v) is 6.12. The van der Waals surface area contributed by atoms with Gasteiger partial charge in [-0.05, 0) is 30.4 Å². The van der Waals surface area contributed by atoms with Crippen molar-refractivity contribution >= 4 is 28.3 Å². The van der Waals surface area contributed by atoms with Gasteiger partial charge in [-0.1, -0.05) is 43.7 Å². The molecule has 1 aliphatic heterocycles. The van der Waals surface area contributed by atoms with Crippen molar-refractivity contribution in [2.45, 2.75) is 39.2 Å². The lowest BCUT2D eigenvalue weighted by atomic mass is 10.0. The summed E-state index contributed by atoms with van der Waals surface area (Å²) in [5.74, 6) is -0.473. The summed E-state index contributed by atoms with van der Waals surface area (Å²) in [6.07, 6.45) is 3.71. The number of carbonyl (C=O) groups is 2. The third-order valence-electron chi connectivity index (χ3n) is 4.98. The number of unbranched alkanes of at least 4 members (excludes halogenated alkanes) is 1. The smallest absolute Gasteiger partial charge is 0.319 e. The molecule has 0 radical (unpaired) electrons. The molecule has 1 aromatic carbocycles. The number of carbonyl (C=O) groups excluding carboxylic acids is 2. The van der Waals surface area contributed by atoms with E-state index in [1.807, 2.05) is 6.07 Å². The Balaban J connectivity index is 1.66. The summed E-state index contributed by atoms with van der Waals surface area (Å²) in [6, 6.07) is 10.2. The largest absolute Gasteiger partial charge is 0.365 e. The van der Waals surface area contributed by atoms with Crippen LogP contribution >= 0.6 is 11.3 Å². The molecule has 7 heteroatoms. The number of primary amides is 1. The zero-order chi connectivity index (χ0) is 19.9. The first-order valence-electron chi connectivity index (χ1n) is 9.84. The lowest BCUT2D eigenvalue weighted by Gasteiger charge is -2.27. The molecule has 4 N–H and O–H groups in total. The maximum absolute atomic E-state index is 12.1. The van der Waals surface area contributed by atoms with Gasteiger partial charge in [0.15, 0.2) is 0 Å². The minimum absolute atomic E-state index is 0.282. The van der Waals surface area contributed by atoms with Crippen LogP contribution in [0.25, 0.3) is 0 Å². The van der Waals surface area contributed by atoms with Crippen molar-refractivity contribution in [2.24, 2.45) is 5.73 Å². The Morgan fingerprint density at radius 3 is 2.75 bits per heavy atom. The molecule has 3 amide bonds. The number of nitrogens with one attached hydrogen (secondary N) is 2. The third kappa shape index (κ3) is 5.11. The Morgan fingerprint density at radius 2 is 2.04 bits per heavy atom. The van der Waals surface area contributed by atoms with Crippen LogP contribution in [0.2, 0.25) is 0 Å². The monoisotopic (exact) mass is 400 g/mol. The Bertz CT molecular complexity index is 819. The van der Waals surface area contributed by atoms with Gasteiger partial charge < -0.3 is 11.1 Å². The highest BCUT2D eigenvalue weighted by atomic mass is 32.1. The van der Waals surface area contributed by atoms with E-state index in [1.165, 1.54) is 16.9 Å². The Kier molecular flexibility index (Phi) is 7.06. The van der Waals surface area contributed by atoms with Gasteiger partial charge in [0.1, 0.15) is 5.00 Å². The maximum atomic E-state index is 12.1. The number of anilines is 1. The molecule has 3 rings (SSSR count). The van der Waals surface area contributed by atoms with Crippen molar-refractivity contribution < 1.29 is 9.59 Å². The van der Waals surface area contributed by atoms with Gasteiger partial charge in [0, 0.05) is 31.1 Å². The number of fused-ring (bicyclic) bond motifs is 1. The van der Waals surface area contributed by atoms with E-state index in [2.05, 4.69) is 46.7 Å². The number of hydrogen-bond acceptors (Lipinski definition) is 4. The first-order valence-corrected chi connectivity index (χ1v) is 10.7. The van der Waals surface area contributed by atoms with Crippen LogP contribution in [0.15, 0.2) is 30.3 Å². The predicted molar refractivity (Wildman–Crippen MR) is 114 cm³/mol. The van der Waals surface area contributed by atoms with Gasteiger partial charge in [0.2, 0.25) is 0 Å². The summed E-state index contributed by atoms with van der Waals surface area (Å²) in [5.41, 5.74) is 8.43. The summed E-state index contributed by atoms with van der Waals surface area (Å²) in [7, 11) is 0. The second kappa shape index (κ2) is 9.71. The molecule has 0 bridgehead atoms. The number of rotatable bonds is 8. The molecule has 0 fully saturated rings. The molecular weight excluding hydrogens is 372 g/mol. The van der Waals surface area contributed by atoms with Crippen LogP contribution in [-0.2, 0) is 19.4 Å². The van der Waals surface area contributed by atoms with Crippen LogP contribution in [0.5, 0.6) is 0 Å². The molecule has 1 aliphatic rings. The summed E-state index contributed by atoms with van der Waals surface area (Å²) in [5, 5.41) is 6.22. The molecule has 1 aromatic heterocycles. The molecule has 0 saturated heterocycles. The van der Waals surface area contributed by atoms with Gasteiger partial charge in [-0.25, -0.2) is 4.79 Å². The predicted octanol–water partition coefficient (Wildman–Crippen LogP) is 3.37. The van der Waals surface area contributed by atoms with Gasteiger partial charge >= 0.3 is 6.03 Å². The molecule has 6 nitrogen and oxygen atoms in total. The second-order valence-corrected chi connectivity index (χ2v) is 8.17. The van der Waals surface area contributed by atoms with Crippen LogP contribution in [-0.4, -0.2) is 36.5 Å². The van der Waals surface area contributed by atoms with Gasteiger partial charge in [-0.15, -0.1) is 11.3 Å². The van der Waals surface area contributed by atoms with Crippen molar-refractivity contribution in [3.8, 4) is 0 Å². The van der Waals surface area contributed by atoms with Crippen molar-refractivity contribution in [3.05, 3.63) is 51.9 Å². The molecular formula is C21H28N4O2S. The second-order valence-electron chi connectivity index (χ2n) is 7.07. The van der Waals surface area contributed by atoms with Crippen molar-refractivity contribution in [3.63, 3.8) is 0 Å². The quantitative estimate of drug-likeness (QED) is 0.594. The Morgan fingerprint density at radius 1 is 1.25 bits per heavy atom. The van der Waals surface area contributed by atoms with Gasteiger partial charge in [-0.3, -0.25) is 15.0 Å². The SMILES string of the molecule is CCCCNC(=O)Nc1sc2c(c1C(N)=O)CCN(CCc1ccccc1)C2. The molecule has 150 valence electrons. The minimum atomic E-state index is -0.473. The fourth-order valence-corrected chi connectivity index (χ4v) is 4.74. The molecule has 0 unspecified atom stereocenters. The lowest BCUT2D eigenvalue weighted by molar-refractivity contribution is 0.1000. The topological polar surface area (TPSA) is 87.5 Å².